The third-order valence-electron chi connectivity index (χ3n) is 3.46. The Morgan fingerprint density at radius 1 is 1.43 bits per heavy atom. The molecule has 0 saturated carbocycles. The van der Waals surface area contributed by atoms with Crippen molar-refractivity contribution in [2.45, 2.75) is 39.3 Å². The van der Waals surface area contributed by atoms with Crippen LogP contribution >= 0.6 is 27.5 Å². The van der Waals surface area contributed by atoms with Crippen LogP contribution in [0.1, 0.15) is 36.8 Å². The van der Waals surface area contributed by atoms with Gasteiger partial charge in [0.1, 0.15) is 5.82 Å². The predicted octanol–water partition coefficient (Wildman–Crippen LogP) is 4.26. The van der Waals surface area contributed by atoms with Crippen LogP contribution < -0.4 is 5.73 Å². The highest BCUT2D eigenvalue weighted by atomic mass is 79.9. The first-order valence-corrected chi connectivity index (χ1v) is 8.09. The van der Waals surface area contributed by atoms with Gasteiger partial charge in [0, 0.05) is 23.5 Å². The fourth-order valence-electron chi connectivity index (χ4n) is 2.33. The molecule has 0 bridgehead atoms. The van der Waals surface area contributed by atoms with Crippen molar-refractivity contribution in [1.82, 2.24) is 9.78 Å². The minimum Gasteiger partial charge on any atom is -0.324 e. The molecular weight excluding hydrogens is 357 g/mol. The number of benzene rings is 1. The summed E-state index contributed by atoms with van der Waals surface area (Å²) in [6.07, 6.45) is 1.29. The Balaban J connectivity index is 2.33. The van der Waals surface area contributed by atoms with Gasteiger partial charge >= 0.3 is 0 Å². The van der Waals surface area contributed by atoms with Crippen LogP contribution in [0.4, 0.5) is 4.39 Å². The Hall–Kier alpha value is -0.910. The molecule has 0 amide bonds. The van der Waals surface area contributed by atoms with E-state index in [9.17, 15) is 4.39 Å². The first kappa shape index (κ1) is 16.5. The lowest BCUT2D eigenvalue weighted by Gasteiger charge is -2.15. The van der Waals surface area contributed by atoms with Crippen LogP contribution in [0, 0.1) is 5.82 Å². The van der Waals surface area contributed by atoms with Crippen LogP contribution in [-0.2, 0) is 19.4 Å². The Morgan fingerprint density at radius 3 is 2.76 bits per heavy atom. The van der Waals surface area contributed by atoms with Gasteiger partial charge in [-0.25, -0.2) is 4.39 Å². The van der Waals surface area contributed by atoms with Gasteiger partial charge in [0.05, 0.1) is 16.4 Å². The molecule has 0 spiro atoms. The minimum atomic E-state index is -0.348. The molecule has 0 radical (unpaired) electrons. The maximum Gasteiger partial charge on any atom is 0.123 e. The normalized spacial score (nSPS) is 12.7. The molecule has 1 heterocycles. The number of aromatic nitrogens is 2. The van der Waals surface area contributed by atoms with Crippen molar-refractivity contribution in [1.29, 1.82) is 0 Å². The molecule has 1 atom stereocenters. The molecule has 1 unspecified atom stereocenters. The van der Waals surface area contributed by atoms with Crippen molar-refractivity contribution >= 4 is 27.5 Å². The van der Waals surface area contributed by atoms with Gasteiger partial charge in [0.25, 0.3) is 0 Å². The van der Waals surface area contributed by atoms with Gasteiger partial charge in [-0.05, 0) is 37.1 Å². The molecule has 2 N–H and O–H groups in total. The second-order valence-corrected chi connectivity index (χ2v) is 6.09. The summed E-state index contributed by atoms with van der Waals surface area (Å²) < 4.78 is 16.1. The average Bonchev–Trinajstić information content (AvgIpc) is 2.77. The van der Waals surface area contributed by atoms with E-state index in [0.717, 1.165) is 34.4 Å². The summed E-state index contributed by atoms with van der Waals surface area (Å²) in [4.78, 5) is 0. The van der Waals surface area contributed by atoms with Crippen molar-refractivity contribution in [3.63, 3.8) is 0 Å². The summed E-state index contributed by atoms with van der Waals surface area (Å²) in [6, 6.07) is 4.18. The molecule has 0 fully saturated rings. The quantitative estimate of drug-likeness (QED) is 0.849. The second-order valence-electron chi connectivity index (χ2n) is 4.85. The largest absolute Gasteiger partial charge is 0.324 e. The molecule has 21 heavy (non-hydrogen) atoms. The molecule has 2 aromatic rings. The zero-order valence-electron chi connectivity index (χ0n) is 12.0. The monoisotopic (exact) mass is 373 g/mol. The third-order valence-corrected chi connectivity index (χ3v) is 4.62. The van der Waals surface area contributed by atoms with Crippen molar-refractivity contribution in [2.75, 3.05) is 0 Å². The van der Waals surface area contributed by atoms with Gasteiger partial charge < -0.3 is 5.73 Å². The average molecular weight is 375 g/mol. The van der Waals surface area contributed by atoms with E-state index < -0.39 is 0 Å². The summed E-state index contributed by atoms with van der Waals surface area (Å²) in [5, 5.41) is 5.15. The van der Waals surface area contributed by atoms with Crippen LogP contribution in [0.5, 0.6) is 0 Å². The van der Waals surface area contributed by atoms with E-state index in [0.29, 0.717) is 11.4 Å². The zero-order chi connectivity index (χ0) is 15.6. The number of aryl methyl sites for hydroxylation is 2. The number of rotatable bonds is 5. The minimum absolute atomic E-state index is 0.298. The Bertz CT molecular complexity index is 642. The Labute approximate surface area is 137 Å². The Kier molecular flexibility index (Phi) is 5.41. The highest BCUT2D eigenvalue weighted by Gasteiger charge is 2.19. The van der Waals surface area contributed by atoms with E-state index in [2.05, 4.69) is 21.0 Å². The van der Waals surface area contributed by atoms with E-state index in [1.165, 1.54) is 12.1 Å². The molecule has 0 aliphatic carbocycles. The zero-order valence-corrected chi connectivity index (χ0v) is 14.4. The van der Waals surface area contributed by atoms with E-state index in [4.69, 9.17) is 17.3 Å². The van der Waals surface area contributed by atoms with Crippen LogP contribution in [0.25, 0.3) is 0 Å². The SMILES string of the molecule is CCc1nn(CC)c(CC(N)c2cc(F)ccc2Br)c1Cl. The lowest BCUT2D eigenvalue weighted by molar-refractivity contribution is 0.580. The van der Waals surface area contributed by atoms with Crippen molar-refractivity contribution < 1.29 is 4.39 Å². The lowest BCUT2D eigenvalue weighted by atomic mass is 10.0. The maximum absolute atomic E-state index is 13.4. The molecule has 1 aromatic carbocycles. The van der Waals surface area contributed by atoms with Gasteiger partial charge in [-0.1, -0.05) is 34.5 Å². The standard InChI is InChI=1S/C15H18BrClFN3/c1-3-13-15(17)14(21(4-2)20-13)8-12(19)10-7-9(18)5-6-11(10)16/h5-7,12H,3-4,8,19H2,1-2H3. The molecule has 6 heteroatoms. The summed E-state index contributed by atoms with van der Waals surface area (Å²) in [5.41, 5.74) is 8.75. The number of nitrogens with zero attached hydrogens (tertiary/aromatic N) is 2. The van der Waals surface area contributed by atoms with Gasteiger partial charge in [-0.2, -0.15) is 5.10 Å². The van der Waals surface area contributed by atoms with Crippen molar-refractivity contribution in [3.8, 4) is 0 Å². The van der Waals surface area contributed by atoms with Crippen LogP contribution in [-0.4, -0.2) is 9.78 Å². The van der Waals surface area contributed by atoms with Gasteiger partial charge in [-0.3, -0.25) is 4.68 Å². The fourth-order valence-corrected chi connectivity index (χ4v) is 3.22. The molecule has 114 valence electrons. The van der Waals surface area contributed by atoms with E-state index >= 15 is 0 Å². The highest BCUT2D eigenvalue weighted by molar-refractivity contribution is 9.10. The molecular formula is C15H18BrClFN3. The summed E-state index contributed by atoms with van der Waals surface area (Å²) in [7, 11) is 0. The van der Waals surface area contributed by atoms with E-state index in [-0.39, 0.29) is 11.9 Å². The van der Waals surface area contributed by atoms with Crippen LogP contribution in [0.15, 0.2) is 22.7 Å². The van der Waals surface area contributed by atoms with Gasteiger partial charge in [-0.15, -0.1) is 0 Å². The third kappa shape index (κ3) is 3.47. The number of hydrogen-bond donors (Lipinski definition) is 1. The summed E-state index contributed by atoms with van der Waals surface area (Å²) >= 11 is 9.80. The maximum atomic E-state index is 13.4. The van der Waals surface area contributed by atoms with E-state index in [1.807, 2.05) is 18.5 Å². The highest BCUT2D eigenvalue weighted by Crippen LogP contribution is 2.29. The first-order chi connectivity index (χ1) is 9.97. The van der Waals surface area contributed by atoms with Gasteiger partial charge in [0.15, 0.2) is 0 Å². The number of nitrogens with two attached hydrogens (primary N) is 1. The number of halogens is 3. The fraction of sp³-hybridized carbons (Fsp3) is 0.400. The van der Waals surface area contributed by atoms with E-state index in [1.54, 1.807) is 6.07 Å². The van der Waals surface area contributed by atoms with Crippen LogP contribution in [0.2, 0.25) is 5.02 Å². The lowest BCUT2D eigenvalue weighted by Crippen LogP contribution is -2.17. The summed E-state index contributed by atoms with van der Waals surface area (Å²) in [6.45, 7) is 4.75. The molecule has 0 saturated heterocycles. The second kappa shape index (κ2) is 6.90. The molecule has 3 nitrogen and oxygen atoms in total. The first-order valence-electron chi connectivity index (χ1n) is 6.92. The summed E-state index contributed by atoms with van der Waals surface area (Å²) in [5.74, 6) is -0.298. The molecule has 0 aliphatic rings. The van der Waals surface area contributed by atoms with Crippen LogP contribution in [0.3, 0.4) is 0 Å². The predicted molar refractivity (Wildman–Crippen MR) is 87.0 cm³/mol. The topological polar surface area (TPSA) is 43.8 Å². The Morgan fingerprint density at radius 2 is 2.14 bits per heavy atom. The van der Waals surface area contributed by atoms with Crippen molar-refractivity contribution in [3.05, 3.63) is 50.5 Å². The molecule has 1 aromatic heterocycles. The number of hydrogen-bond acceptors (Lipinski definition) is 2. The van der Waals surface area contributed by atoms with Crippen molar-refractivity contribution in [2.24, 2.45) is 5.73 Å². The van der Waals surface area contributed by atoms with Gasteiger partial charge in [0.2, 0.25) is 0 Å². The molecule has 2 rings (SSSR count). The molecule has 0 aliphatic heterocycles. The smallest absolute Gasteiger partial charge is 0.123 e.